The Morgan fingerprint density at radius 1 is 1.24 bits per heavy atom. The number of hydrogen-bond donors (Lipinski definition) is 2. The molecule has 2 heterocycles. The summed E-state index contributed by atoms with van der Waals surface area (Å²) in [5.74, 6) is 0. The van der Waals surface area contributed by atoms with E-state index >= 15 is 0 Å². The average Bonchev–Trinajstić information content (AvgIpc) is 2.37. The van der Waals surface area contributed by atoms with Crippen LogP contribution in [0.5, 0.6) is 0 Å². The highest BCUT2D eigenvalue weighted by molar-refractivity contribution is 4.80. The lowest BCUT2D eigenvalue weighted by molar-refractivity contribution is 0.0237. The molecule has 0 aromatic rings. The minimum atomic E-state index is 0.439. The Morgan fingerprint density at radius 3 is 2.76 bits per heavy atom. The second-order valence-corrected chi connectivity index (χ2v) is 5.61. The highest BCUT2D eigenvalue weighted by Crippen LogP contribution is 2.28. The predicted molar refractivity (Wildman–Crippen MR) is 68.3 cm³/mol. The number of nitrogens with one attached hydrogen (secondary N) is 2. The SMILES string of the molecule is CC1(CNCCC2COCCN2)CCOCC1. The van der Waals surface area contributed by atoms with Gasteiger partial charge in [-0.25, -0.2) is 0 Å². The van der Waals surface area contributed by atoms with Crippen molar-refractivity contribution in [3.63, 3.8) is 0 Å². The molecule has 0 bridgehead atoms. The molecule has 0 saturated carbocycles. The summed E-state index contributed by atoms with van der Waals surface area (Å²) in [4.78, 5) is 0. The number of ether oxygens (including phenoxy) is 2. The van der Waals surface area contributed by atoms with Gasteiger partial charge in [0.25, 0.3) is 0 Å². The normalized spacial score (nSPS) is 29.1. The van der Waals surface area contributed by atoms with Crippen molar-refractivity contribution >= 4 is 0 Å². The Kier molecular flexibility index (Phi) is 5.22. The molecule has 0 spiro atoms. The van der Waals surface area contributed by atoms with Crippen molar-refractivity contribution in [2.75, 3.05) is 46.1 Å². The van der Waals surface area contributed by atoms with Crippen LogP contribution in [0.1, 0.15) is 26.2 Å². The van der Waals surface area contributed by atoms with E-state index in [0.29, 0.717) is 11.5 Å². The molecule has 2 saturated heterocycles. The topological polar surface area (TPSA) is 42.5 Å². The van der Waals surface area contributed by atoms with Gasteiger partial charge in [-0.2, -0.15) is 0 Å². The number of hydrogen-bond acceptors (Lipinski definition) is 4. The first-order valence-corrected chi connectivity index (χ1v) is 6.88. The first kappa shape index (κ1) is 13.3. The molecule has 1 atom stereocenters. The molecule has 0 aliphatic carbocycles. The van der Waals surface area contributed by atoms with Gasteiger partial charge in [0, 0.05) is 32.3 Å². The van der Waals surface area contributed by atoms with Crippen LogP contribution < -0.4 is 10.6 Å². The van der Waals surface area contributed by atoms with Gasteiger partial charge in [0.1, 0.15) is 0 Å². The molecule has 0 radical (unpaired) electrons. The maximum Gasteiger partial charge on any atom is 0.0620 e. The van der Waals surface area contributed by atoms with Crippen molar-refractivity contribution in [2.45, 2.75) is 32.2 Å². The van der Waals surface area contributed by atoms with Crippen molar-refractivity contribution in [1.29, 1.82) is 0 Å². The molecular weight excluding hydrogens is 216 g/mol. The minimum absolute atomic E-state index is 0.439. The lowest BCUT2D eigenvalue weighted by atomic mass is 9.82. The molecule has 17 heavy (non-hydrogen) atoms. The maximum absolute atomic E-state index is 5.44. The molecule has 0 aromatic carbocycles. The molecule has 0 aromatic heterocycles. The molecule has 1 unspecified atom stereocenters. The van der Waals surface area contributed by atoms with Crippen molar-refractivity contribution in [3.8, 4) is 0 Å². The summed E-state index contributed by atoms with van der Waals surface area (Å²) in [5, 5.41) is 7.07. The predicted octanol–water partition coefficient (Wildman–Crippen LogP) is 0.771. The summed E-state index contributed by atoms with van der Waals surface area (Å²) in [6.45, 7) is 9.15. The smallest absolute Gasteiger partial charge is 0.0620 e. The highest BCUT2D eigenvalue weighted by Gasteiger charge is 2.26. The Balaban J connectivity index is 1.55. The molecule has 0 amide bonds. The molecule has 2 aliphatic heterocycles. The van der Waals surface area contributed by atoms with E-state index in [4.69, 9.17) is 9.47 Å². The molecule has 2 aliphatic rings. The monoisotopic (exact) mass is 242 g/mol. The van der Waals surface area contributed by atoms with E-state index in [-0.39, 0.29) is 0 Å². The molecule has 2 fully saturated rings. The third-order valence-corrected chi connectivity index (χ3v) is 3.92. The third-order valence-electron chi connectivity index (χ3n) is 3.92. The van der Waals surface area contributed by atoms with E-state index in [9.17, 15) is 0 Å². The fraction of sp³-hybridized carbons (Fsp3) is 1.00. The lowest BCUT2D eigenvalue weighted by Gasteiger charge is -2.34. The fourth-order valence-electron chi connectivity index (χ4n) is 2.51. The zero-order chi connectivity index (χ0) is 12.0. The summed E-state index contributed by atoms with van der Waals surface area (Å²) in [6, 6.07) is 0.541. The molecule has 4 nitrogen and oxygen atoms in total. The Morgan fingerprint density at radius 2 is 2.06 bits per heavy atom. The number of morpholine rings is 1. The second-order valence-electron chi connectivity index (χ2n) is 5.61. The zero-order valence-corrected chi connectivity index (χ0v) is 11.0. The van der Waals surface area contributed by atoms with E-state index < -0.39 is 0 Å². The van der Waals surface area contributed by atoms with E-state index in [1.54, 1.807) is 0 Å². The maximum atomic E-state index is 5.44. The molecule has 2 N–H and O–H groups in total. The molecule has 2 rings (SSSR count). The van der Waals surface area contributed by atoms with Gasteiger partial charge < -0.3 is 20.1 Å². The molecule has 4 heteroatoms. The van der Waals surface area contributed by atoms with Crippen molar-refractivity contribution < 1.29 is 9.47 Å². The standard InChI is InChI=1S/C13H26N2O2/c1-13(3-7-16-8-4-13)11-14-5-2-12-10-17-9-6-15-12/h12,14-15H,2-11H2,1H3. The second kappa shape index (κ2) is 6.69. The van der Waals surface area contributed by atoms with Gasteiger partial charge >= 0.3 is 0 Å². The third kappa shape index (κ3) is 4.54. The van der Waals surface area contributed by atoms with Gasteiger partial charge in [0.15, 0.2) is 0 Å². The quantitative estimate of drug-likeness (QED) is 0.699. The van der Waals surface area contributed by atoms with Crippen LogP contribution in [0.4, 0.5) is 0 Å². The van der Waals surface area contributed by atoms with Crippen LogP contribution in [0.3, 0.4) is 0 Å². The zero-order valence-electron chi connectivity index (χ0n) is 11.0. The van der Waals surface area contributed by atoms with Crippen molar-refractivity contribution in [2.24, 2.45) is 5.41 Å². The van der Waals surface area contributed by atoms with Crippen molar-refractivity contribution in [3.05, 3.63) is 0 Å². The van der Waals surface area contributed by atoms with E-state index in [2.05, 4.69) is 17.6 Å². The van der Waals surface area contributed by atoms with E-state index in [1.165, 1.54) is 12.8 Å². The van der Waals surface area contributed by atoms with Gasteiger partial charge in [-0.15, -0.1) is 0 Å². The first-order valence-electron chi connectivity index (χ1n) is 6.88. The molecular formula is C13H26N2O2. The van der Waals surface area contributed by atoms with Crippen LogP contribution in [-0.2, 0) is 9.47 Å². The van der Waals surface area contributed by atoms with Crippen molar-refractivity contribution in [1.82, 2.24) is 10.6 Å². The molecule has 100 valence electrons. The van der Waals surface area contributed by atoms with Gasteiger partial charge in [-0.3, -0.25) is 0 Å². The van der Waals surface area contributed by atoms with Crippen LogP contribution in [0, 0.1) is 5.41 Å². The Labute approximate surface area is 104 Å². The summed E-state index contributed by atoms with van der Waals surface area (Å²) in [7, 11) is 0. The van der Waals surface area contributed by atoms with Gasteiger partial charge in [0.2, 0.25) is 0 Å². The summed E-state index contributed by atoms with van der Waals surface area (Å²) >= 11 is 0. The number of rotatable bonds is 5. The van der Waals surface area contributed by atoms with Crippen LogP contribution in [0.15, 0.2) is 0 Å². The van der Waals surface area contributed by atoms with Crippen LogP contribution in [0.2, 0.25) is 0 Å². The minimum Gasteiger partial charge on any atom is -0.381 e. The van der Waals surface area contributed by atoms with Gasteiger partial charge in [-0.1, -0.05) is 6.92 Å². The van der Waals surface area contributed by atoms with Crippen LogP contribution in [-0.4, -0.2) is 52.1 Å². The van der Waals surface area contributed by atoms with E-state index in [1.807, 2.05) is 0 Å². The van der Waals surface area contributed by atoms with Gasteiger partial charge in [0.05, 0.1) is 13.2 Å². The fourth-order valence-corrected chi connectivity index (χ4v) is 2.51. The largest absolute Gasteiger partial charge is 0.381 e. The van der Waals surface area contributed by atoms with E-state index in [0.717, 1.165) is 52.5 Å². The lowest BCUT2D eigenvalue weighted by Crippen LogP contribution is -2.44. The van der Waals surface area contributed by atoms with Gasteiger partial charge in [-0.05, 0) is 31.2 Å². The Bertz CT molecular complexity index is 211. The summed E-state index contributed by atoms with van der Waals surface area (Å²) in [6.07, 6.45) is 3.53. The highest BCUT2D eigenvalue weighted by atomic mass is 16.5. The van der Waals surface area contributed by atoms with Crippen LogP contribution >= 0.6 is 0 Å². The van der Waals surface area contributed by atoms with Crippen LogP contribution in [0.25, 0.3) is 0 Å². The Hall–Kier alpha value is -0.160. The summed E-state index contributed by atoms with van der Waals surface area (Å²) in [5.41, 5.74) is 0.439. The average molecular weight is 242 g/mol. The first-order chi connectivity index (χ1) is 8.29. The summed E-state index contributed by atoms with van der Waals surface area (Å²) < 4.78 is 10.9.